The minimum atomic E-state index is 0.283. The van der Waals surface area contributed by atoms with E-state index in [9.17, 15) is 0 Å². The van der Waals surface area contributed by atoms with Gasteiger partial charge in [-0.2, -0.15) is 0 Å². The van der Waals surface area contributed by atoms with E-state index in [0.29, 0.717) is 16.0 Å². The van der Waals surface area contributed by atoms with Gasteiger partial charge in [-0.3, -0.25) is 0 Å². The fourth-order valence-corrected chi connectivity index (χ4v) is 1.97. The second-order valence-corrected chi connectivity index (χ2v) is 4.40. The molecule has 1 aromatic rings. The summed E-state index contributed by atoms with van der Waals surface area (Å²) in [6, 6.07) is 5.73. The summed E-state index contributed by atoms with van der Waals surface area (Å²) in [6.45, 7) is 6.06. The van der Waals surface area contributed by atoms with Gasteiger partial charge in [-0.05, 0) is 24.5 Å². The van der Waals surface area contributed by atoms with Gasteiger partial charge >= 0.3 is 0 Å². The molecule has 0 nitrogen and oxygen atoms in total. The van der Waals surface area contributed by atoms with Gasteiger partial charge in [-0.1, -0.05) is 55.1 Å². The van der Waals surface area contributed by atoms with Crippen LogP contribution in [0.25, 0.3) is 0 Å². The van der Waals surface area contributed by atoms with Gasteiger partial charge in [-0.15, -0.1) is 5.92 Å². The van der Waals surface area contributed by atoms with E-state index in [1.807, 2.05) is 19.1 Å². The molecule has 1 rings (SSSR count). The van der Waals surface area contributed by atoms with Crippen molar-refractivity contribution in [3.8, 4) is 11.8 Å². The predicted molar refractivity (Wildman–Crippen MR) is 67.5 cm³/mol. The molecular formula is C13H14Cl2. The van der Waals surface area contributed by atoms with Crippen LogP contribution in [0.2, 0.25) is 10.0 Å². The summed E-state index contributed by atoms with van der Waals surface area (Å²) in [7, 11) is 0. The maximum atomic E-state index is 6.15. The van der Waals surface area contributed by atoms with Crippen molar-refractivity contribution in [2.75, 3.05) is 0 Å². The lowest BCUT2D eigenvalue weighted by Gasteiger charge is -2.17. The molecule has 80 valence electrons. The van der Waals surface area contributed by atoms with Crippen LogP contribution in [0.1, 0.15) is 32.3 Å². The Bertz CT molecular complexity index is 399. The van der Waals surface area contributed by atoms with Crippen LogP contribution in [0.4, 0.5) is 0 Å². The van der Waals surface area contributed by atoms with E-state index in [4.69, 9.17) is 23.2 Å². The summed E-state index contributed by atoms with van der Waals surface area (Å²) in [5.74, 6) is 6.64. The number of benzene rings is 1. The second-order valence-electron chi connectivity index (χ2n) is 3.61. The Balaban J connectivity index is 3.04. The Morgan fingerprint density at radius 2 is 1.87 bits per heavy atom. The summed E-state index contributed by atoms with van der Waals surface area (Å²) in [6.07, 6.45) is 0. The molecule has 0 aliphatic rings. The van der Waals surface area contributed by atoms with Gasteiger partial charge in [-0.25, -0.2) is 0 Å². The maximum Gasteiger partial charge on any atom is 0.0627 e. The molecule has 0 bridgehead atoms. The molecule has 2 heteroatoms. The highest BCUT2D eigenvalue weighted by Gasteiger charge is 2.16. The molecule has 0 amide bonds. The molecular weight excluding hydrogens is 227 g/mol. The molecule has 15 heavy (non-hydrogen) atoms. The van der Waals surface area contributed by atoms with Crippen molar-refractivity contribution in [3.05, 3.63) is 33.8 Å². The first kappa shape index (κ1) is 12.4. The summed E-state index contributed by atoms with van der Waals surface area (Å²) in [5, 5.41) is 1.26. The summed E-state index contributed by atoms with van der Waals surface area (Å²) >= 11 is 12.1. The summed E-state index contributed by atoms with van der Waals surface area (Å²) in [4.78, 5) is 0. The highest BCUT2D eigenvalue weighted by molar-refractivity contribution is 6.42. The Morgan fingerprint density at radius 3 is 2.47 bits per heavy atom. The van der Waals surface area contributed by atoms with E-state index < -0.39 is 0 Å². The molecule has 1 aromatic carbocycles. The smallest absolute Gasteiger partial charge is 0.0627 e. The van der Waals surface area contributed by atoms with Crippen molar-refractivity contribution in [3.63, 3.8) is 0 Å². The summed E-state index contributed by atoms with van der Waals surface area (Å²) in [5.41, 5.74) is 1.07. The van der Waals surface area contributed by atoms with Crippen LogP contribution in [-0.4, -0.2) is 0 Å². The Kier molecular flexibility index (Phi) is 4.51. The van der Waals surface area contributed by atoms with E-state index in [0.717, 1.165) is 5.56 Å². The number of hydrogen-bond donors (Lipinski definition) is 0. The van der Waals surface area contributed by atoms with E-state index in [1.54, 1.807) is 6.07 Å². The number of hydrogen-bond acceptors (Lipinski definition) is 0. The molecule has 0 aromatic heterocycles. The lowest BCUT2D eigenvalue weighted by atomic mass is 9.89. The molecule has 0 radical (unpaired) electrons. The zero-order valence-corrected chi connectivity index (χ0v) is 10.7. The lowest BCUT2D eigenvalue weighted by molar-refractivity contribution is 0.610. The Labute approximate surface area is 102 Å². The van der Waals surface area contributed by atoms with Crippen LogP contribution >= 0.6 is 23.2 Å². The topological polar surface area (TPSA) is 0 Å². The highest BCUT2D eigenvalue weighted by Crippen LogP contribution is 2.34. The number of rotatable bonds is 2. The van der Waals surface area contributed by atoms with E-state index in [-0.39, 0.29) is 5.92 Å². The molecule has 0 aliphatic heterocycles. The van der Waals surface area contributed by atoms with Crippen molar-refractivity contribution in [1.29, 1.82) is 0 Å². The van der Waals surface area contributed by atoms with Gasteiger partial charge in [0.05, 0.1) is 10.0 Å². The van der Waals surface area contributed by atoms with Crippen LogP contribution in [0, 0.1) is 17.8 Å². The molecule has 0 spiro atoms. The van der Waals surface area contributed by atoms with Crippen LogP contribution < -0.4 is 0 Å². The lowest BCUT2D eigenvalue weighted by Crippen LogP contribution is -2.04. The molecule has 0 aliphatic carbocycles. The van der Waals surface area contributed by atoms with E-state index in [2.05, 4.69) is 25.7 Å². The molecule has 0 saturated carbocycles. The van der Waals surface area contributed by atoms with Crippen molar-refractivity contribution in [2.24, 2.45) is 5.92 Å². The van der Waals surface area contributed by atoms with E-state index in [1.165, 1.54) is 0 Å². The molecule has 0 heterocycles. The average molecular weight is 241 g/mol. The van der Waals surface area contributed by atoms with Crippen LogP contribution in [0.15, 0.2) is 18.2 Å². The highest BCUT2D eigenvalue weighted by atomic mass is 35.5. The third-order valence-electron chi connectivity index (χ3n) is 2.59. The fourth-order valence-electron chi connectivity index (χ4n) is 1.49. The van der Waals surface area contributed by atoms with Gasteiger partial charge < -0.3 is 0 Å². The van der Waals surface area contributed by atoms with Crippen LogP contribution in [0.5, 0.6) is 0 Å². The fraction of sp³-hybridized carbons (Fsp3) is 0.385. The molecule has 2 unspecified atom stereocenters. The van der Waals surface area contributed by atoms with Gasteiger partial charge in [0.1, 0.15) is 0 Å². The molecule has 2 atom stereocenters. The average Bonchev–Trinajstić information content (AvgIpc) is 2.21. The van der Waals surface area contributed by atoms with Gasteiger partial charge in [0.25, 0.3) is 0 Å². The van der Waals surface area contributed by atoms with Gasteiger partial charge in [0, 0.05) is 5.92 Å². The molecule has 0 N–H and O–H groups in total. The minimum Gasteiger partial charge on any atom is -0.106 e. The largest absolute Gasteiger partial charge is 0.106 e. The van der Waals surface area contributed by atoms with Crippen molar-refractivity contribution in [1.82, 2.24) is 0 Å². The normalized spacial score (nSPS) is 13.9. The first-order valence-corrected chi connectivity index (χ1v) is 5.69. The van der Waals surface area contributed by atoms with Gasteiger partial charge in [0.2, 0.25) is 0 Å². The summed E-state index contributed by atoms with van der Waals surface area (Å²) < 4.78 is 0. The Morgan fingerprint density at radius 1 is 1.20 bits per heavy atom. The zero-order valence-electron chi connectivity index (χ0n) is 9.14. The van der Waals surface area contributed by atoms with Crippen molar-refractivity contribution in [2.45, 2.75) is 26.7 Å². The molecule has 0 saturated heterocycles. The standard InChI is InChI=1S/C13H14Cl2/c1-4-6-9(2)10(3)11-7-5-8-12(14)13(11)15/h5,7-10H,1-3H3. The second kappa shape index (κ2) is 5.45. The monoisotopic (exact) mass is 240 g/mol. The van der Waals surface area contributed by atoms with Crippen LogP contribution in [0.3, 0.4) is 0 Å². The third-order valence-corrected chi connectivity index (χ3v) is 3.43. The number of halogens is 2. The molecule has 0 fully saturated rings. The first-order chi connectivity index (χ1) is 7.07. The predicted octanol–water partition coefficient (Wildman–Crippen LogP) is 4.76. The zero-order chi connectivity index (χ0) is 11.4. The maximum absolute atomic E-state index is 6.15. The van der Waals surface area contributed by atoms with Crippen molar-refractivity contribution >= 4 is 23.2 Å². The quantitative estimate of drug-likeness (QED) is 0.655. The first-order valence-electron chi connectivity index (χ1n) is 4.94. The van der Waals surface area contributed by atoms with Gasteiger partial charge in [0.15, 0.2) is 0 Å². The Hall–Kier alpha value is -0.640. The van der Waals surface area contributed by atoms with E-state index >= 15 is 0 Å². The van der Waals surface area contributed by atoms with Crippen LogP contribution in [-0.2, 0) is 0 Å². The minimum absolute atomic E-state index is 0.283. The third kappa shape index (κ3) is 2.91. The SMILES string of the molecule is CC#CC(C)C(C)c1cccc(Cl)c1Cl. The van der Waals surface area contributed by atoms with Crippen molar-refractivity contribution < 1.29 is 0 Å².